The van der Waals surface area contributed by atoms with Crippen molar-refractivity contribution >= 4 is 35.4 Å². The summed E-state index contributed by atoms with van der Waals surface area (Å²) >= 11 is 0. The molecule has 510 valence electrons. The highest BCUT2D eigenvalue weighted by Crippen LogP contribution is 2.72. The standard InChI is InChI=1S/C35H10F45N3O5/c1-7-3-9(81-4-84)11(10(12(7)82-5-85)13(87)83-6-88-8(2)86)14(36,37)15(38,39)16(40,41)17(42,43)18(44,45)19(46,47)20(48,49)21(50,51)22(52,53)23(54,55)24(56,57)25(58,59)26(60,61)27(62,63)28(64,65)29(66,67)30(68,69)31(70,71)32(72,73)33(74,75)34(76,77)35(78,79)80/h3H,6H2,1-2H3,(H,83,87). The molecule has 1 aromatic carbocycles. The summed E-state index contributed by atoms with van der Waals surface area (Å²) in [5, 5.41) is 0.962. The Labute approximate surface area is 447 Å². The topological polar surface area (TPSA) is 114 Å². The average Bonchev–Trinajstić information content (AvgIpc) is 3.32. The maximum Gasteiger partial charge on any atom is 0.460 e. The molecule has 0 saturated carbocycles. The number of hydrogen-bond donors (Lipinski definition) is 1. The molecule has 1 rings (SSSR count). The predicted octanol–water partition coefficient (Wildman–Crippen LogP) is 15.5. The van der Waals surface area contributed by atoms with Crippen LogP contribution in [0.5, 0.6) is 0 Å². The first-order valence-electron chi connectivity index (χ1n) is 19.6. The first-order chi connectivity index (χ1) is 37.9. The zero-order valence-electron chi connectivity index (χ0n) is 39.2. The van der Waals surface area contributed by atoms with Crippen LogP contribution in [-0.4, -0.2) is 155 Å². The number of nitrogens with one attached hydrogen (secondary N) is 1. The van der Waals surface area contributed by atoms with Crippen LogP contribution < -0.4 is 5.32 Å². The molecule has 1 N–H and O–H groups in total. The number of carbonyl (C=O) groups excluding carboxylic acids is 4. The molecule has 0 bridgehead atoms. The Kier molecular flexibility index (Phi) is 19.5. The normalized spacial score (nSPS) is 15.8. The van der Waals surface area contributed by atoms with Gasteiger partial charge in [-0.25, -0.2) is 9.59 Å². The van der Waals surface area contributed by atoms with Gasteiger partial charge >= 0.3 is 137 Å². The molecule has 0 aliphatic rings. The molecule has 0 aromatic heterocycles. The smallest absolute Gasteiger partial charge is 0.445 e. The average molecular weight is 1410 g/mol. The molecular formula is C35H10F45N3O5. The highest BCUT2D eigenvalue weighted by Gasteiger charge is 3.04. The van der Waals surface area contributed by atoms with E-state index in [1.165, 1.54) is 0 Å². The van der Waals surface area contributed by atoms with E-state index < -0.39 is 183 Å². The third-order valence-corrected chi connectivity index (χ3v) is 11.1. The predicted molar refractivity (Wildman–Crippen MR) is 180 cm³/mol. The van der Waals surface area contributed by atoms with Crippen molar-refractivity contribution in [3.63, 3.8) is 0 Å². The van der Waals surface area contributed by atoms with Crippen molar-refractivity contribution in [2.24, 2.45) is 9.98 Å². The third-order valence-electron chi connectivity index (χ3n) is 11.1. The fourth-order valence-electron chi connectivity index (χ4n) is 6.03. The van der Waals surface area contributed by atoms with Crippen LogP contribution in [0.25, 0.3) is 0 Å². The Morgan fingerprint density at radius 3 is 0.795 bits per heavy atom. The van der Waals surface area contributed by atoms with Gasteiger partial charge in [0.1, 0.15) is 0 Å². The van der Waals surface area contributed by atoms with Crippen LogP contribution in [0.3, 0.4) is 0 Å². The zero-order chi connectivity index (χ0) is 71.7. The minimum absolute atomic E-state index is 0.00108. The Hall–Kier alpha value is -6.23. The van der Waals surface area contributed by atoms with Gasteiger partial charge in [0, 0.05) is 6.92 Å². The second-order valence-corrected chi connectivity index (χ2v) is 16.6. The van der Waals surface area contributed by atoms with Crippen LogP contribution in [0.1, 0.15) is 28.4 Å². The number of aliphatic imine (C=N–C) groups is 2. The number of benzene rings is 1. The number of aryl methyl sites for hydroxylation is 1. The molecule has 0 heterocycles. The zero-order valence-corrected chi connectivity index (χ0v) is 39.2. The number of isocyanates is 2. The highest BCUT2D eigenvalue weighted by molar-refractivity contribution is 6.03. The molecule has 0 aliphatic carbocycles. The summed E-state index contributed by atoms with van der Waals surface area (Å²) in [5.74, 6) is -221. The molecule has 1 amide bonds. The van der Waals surface area contributed by atoms with Crippen LogP contribution in [0.15, 0.2) is 16.1 Å². The lowest BCUT2D eigenvalue weighted by Gasteiger charge is -2.47. The fourth-order valence-corrected chi connectivity index (χ4v) is 6.03. The van der Waals surface area contributed by atoms with E-state index in [1.807, 2.05) is 4.99 Å². The molecule has 8 nitrogen and oxygen atoms in total. The van der Waals surface area contributed by atoms with E-state index in [2.05, 4.69) is 9.73 Å². The largest absolute Gasteiger partial charge is 0.460 e. The quantitative estimate of drug-likeness (QED) is 0.0326. The number of alkyl halides is 45. The SMILES string of the molecule is CC(=O)OCNC(=O)c1c(N=C=O)c(C)cc(N=C=O)c1C(F)(F)C(F)(F)C(F)(F)C(F)(F)C(F)(F)C(F)(F)C(F)(F)C(F)(F)C(F)(F)C(F)(F)C(F)(F)C(F)(F)C(F)(F)C(F)(F)C(F)(F)C(F)(F)C(F)(F)C(F)(F)C(F)(F)C(F)(F)C(F)(F)C(F)(F)F. The van der Waals surface area contributed by atoms with Crippen molar-refractivity contribution in [3.05, 3.63) is 22.8 Å². The van der Waals surface area contributed by atoms with E-state index in [9.17, 15) is 190 Å². The van der Waals surface area contributed by atoms with E-state index in [0.717, 1.165) is 5.32 Å². The van der Waals surface area contributed by atoms with E-state index in [4.69, 9.17) is 0 Å². The molecule has 1 aromatic rings. The van der Waals surface area contributed by atoms with E-state index in [1.54, 1.807) is 0 Å². The van der Waals surface area contributed by atoms with E-state index in [-0.39, 0.29) is 19.1 Å². The summed E-state index contributed by atoms with van der Waals surface area (Å²) in [5.41, 5.74) is -12.8. The lowest BCUT2D eigenvalue weighted by Crippen LogP contribution is -2.81. The van der Waals surface area contributed by atoms with Crippen molar-refractivity contribution in [2.75, 3.05) is 6.73 Å². The fraction of sp³-hybridized carbons (Fsp3) is 0.714. The van der Waals surface area contributed by atoms with Crippen LogP contribution in [-0.2, 0) is 25.0 Å². The number of nitrogens with zero attached hydrogens (tertiary/aromatic N) is 2. The minimum atomic E-state index is -10.9. The van der Waals surface area contributed by atoms with E-state index in [0.29, 0.717) is 6.92 Å². The molecule has 0 fully saturated rings. The van der Waals surface area contributed by atoms with Crippen molar-refractivity contribution in [1.29, 1.82) is 0 Å². The Morgan fingerprint density at radius 2 is 0.591 bits per heavy atom. The maximum atomic E-state index is 15.8. The molecule has 0 saturated heterocycles. The molecule has 0 radical (unpaired) electrons. The Bertz CT molecular complexity index is 2930. The van der Waals surface area contributed by atoms with Crippen LogP contribution >= 0.6 is 0 Å². The monoisotopic (exact) mass is 1410 g/mol. The number of esters is 1. The first-order valence-corrected chi connectivity index (χ1v) is 19.6. The van der Waals surface area contributed by atoms with Crippen LogP contribution in [0, 0.1) is 6.92 Å². The number of rotatable bonds is 26. The Balaban J connectivity index is 4.39. The van der Waals surface area contributed by atoms with Gasteiger partial charge in [-0.3, -0.25) is 9.59 Å². The van der Waals surface area contributed by atoms with Gasteiger partial charge in [-0.2, -0.15) is 208 Å². The number of hydrogen-bond acceptors (Lipinski definition) is 7. The first kappa shape index (κ1) is 79.8. The van der Waals surface area contributed by atoms with Crippen molar-refractivity contribution in [1.82, 2.24) is 5.32 Å². The number of carbonyl (C=O) groups is 2. The minimum Gasteiger partial charge on any atom is -0.445 e. The van der Waals surface area contributed by atoms with Gasteiger partial charge in [0.05, 0.1) is 22.5 Å². The third kappa shape index (κ3) is 9.80. The second kappa shape index (κ2) is 21.5. The summed E-state index contributed by atoms with van der Waals surface area (Å²) in [6.45, 7) is -1.18. The number of amides is 1. The molecular weight excluding hydrogens is 1400 g/mol. The maximum absolute atomic E-state index is 15.8. The van der Waals surface area contributed by atoms with Gasteiger partial charge in [-0.15, -0.1) is 0 Å². The lowest BCUT2D eigenvalue weighted by atomic mass is 9.81. The van der Waals surface area contributed by atoms with Crippen molar-refractivity contribution in [3.8, 4) is 0 Å². The van der Waals surface area contributed by atoms with Gasteiger partial charge in [-0.05, 0) is 18.6 Å². The molecule has 53 heteroatoms. The Morgan fingerprint density at radius 1 is 0.375 bits per heavy atom. The molecule has 0 atom stereocenters. The summed E-state index contributed by atoms with van der Waals surface area (Å²) in [6, 6.07) is -0.529. The summed E-state index contributed by atoms with van der Waals surface area (Å²) in [7, 11) is 0. The molecule has 0 spiro atoms. The summed E-state index contributed by atoms with van der Waals surface area (Å²) in [6.07, 6.45) is -8.39. The van der Waals surface area contributed by atoms with Gasteiger partial charge in [0.2, 0.25) is 12.2 Å². The van der Waals surface area contributed by atoms with Crippen LogP contribution in [0.2, 0.25) is 0 Å². The van der Waals surface area contributed by atoms with Crippen LogP contribution in [0.4, 0.5) is 209 Å². The molecule has 88 heavy (non-hydrogen) atoms. The summed E-state index contributed by atoms with van der Waals surface area (Å²) < 4.78 is 644. The number of halogens is 45. The van der Waals surface area contributed by atoms with Crippen molar-refractivity contribution < 1.29 is 221 Å². The number of ether oxygens (including phenoxy) is 1. The van der Waals surface area contributed by atoms with Gasteiger partial charge in [-0.1, -0.05) is 0 Å². The molecule has 0 unspecified atom stereocenters. The van der Waals surface area contributed by atoms with Gasteiger partial charge in [0.15, 0.2) is 6.73 Å². The lowest BCUT2D eigenvalue weighted by molar-refractivity contribution is -0.497. The van der Waals surface area contributed by atoms with E-state index >= 15 is 26.3 Å². The van der Waals surface area contributed by atoms with Gasteiger partial charge in [0.25, 0.3) is 5.91 Å². The molecule has 0 aliphatic heterocycles. The second-order valence-electron chi connectivity index (χ2n) is 16.6. The van der Waals surface area contributed by atoms with Gasteiger partial charge < -0.3 is 10.1 Å². The summed E-state index contributed by atoms with van der Waals surface area (Å²) in [4.78, 5) is 50.0. The van der Waals surface area contributed by atoms with Crippen molar-refractivity contribution in [2.45, 2.75) is 144 Å². The highest BCUT2D eigenvalue weighted by atomic mass is 19.4.